The number of carbonyl (C=O) groups is 1. The maximum atomic E-state index is 11.7. The predicted molar refractivity (Wildman–Crippen MR) is 98.9 cm³/mol. The topological polar surface area (TPSA) is 76.6 Å². The van der Waals surface area contributed by atoms with E-state index in [2.05, 4.69) is 16.8 Å². The summed E-state index contributed by atoms with van der Waals surface area (Å²) >= 11 is 6.09. The number of piperidine rings is 1. The van der Waals surface area contributed by atoms with Crippen LogP contribution in [-0.2, 0) is 11.3 Å². The van der Waals surface area contributed by atoms with Gasteiger partial charge in [-0.05, 0) is 50.1 Å². The molecule has 25 heavy (non-hydrogen) atoms. The number of hydrogen-bond acceptors (Lipinski definition) is 3. The van der Waals surface area contributed by atoms with Crippen LogP contribution in [0.1, 0.15) is 37.4 Å². The summed E-state index contributed by atoms with van der Waals surface area (Å²) in [7, 11) is 0. The van der Waals surface area contributed by atoms with E-state index in [1.165, 1.54) is 0 Å². The average molecular weight is 365 g/mol. The van der Waals surface area contributed by atoms with E-state index in [1.807, 2.05) is 25.1 Å². The number of carboxylic acid groups (broad SMARTS) is 1. The third-order valence-corrected chi connectivity index (χ3v) is 5.81. The predicted octanol–water partition coefficient (Wildman–Crippen LogP) is 3.57. The minimum Gasteiger partial charge on any atom is -0.481 e. The monoisotopic (exact) mass is 364 g/mol. The van der Waals surface area contributed by atoms with Gasteiger partial charge in [0.05, 0.1) is 11.5 Å². The fourth-order valence-corrected chi connectivity index (χ4v) is 4.18. The van der Waals surface area contributed by atoms with E-state index in [1.54, 1.807) is 0 Å². The molecule has 0 unspecified atom stereocenters. The summed E-state index contributed by atoms with van der Waals surface area (Å²) in [6.45, 7) is 5.73. The zero-order valence-corrected chi connectivity index (χ0v) is 15.4. The molecule has 1 aliphatic rings. The molecule has 1 aromatic carbocycles. The second-order valence-corrected chi connectivity index (χ2v) is 7.57. The van der Waals surface area contributed by atoms with E-state index in [9.17, 15) is 15.0 Å². The third kappa shape index (κ3) is 3.28. The lowest BCUT2D eigenvalue weighted by Crippen LogP contribution is -2.54. The van der Waals surface area contributed by atoms with Gasteiger partial charge in [0.2, 0.25) is 0 Å². The van der Waals surface area contributed by atoms with Crippen LogP contribution in [-0.4, -0.2) is 45.3 Å². The van der Waals surface area contributed by atoms with Gasteiger partial charge in [0.25, 0.3) is 0 Å². The summed E-state index contributed by atoms with van der Waals surface area (Å²) < 4.78 is 0. The molecule has 0 amide bonds. The zero-order valence-electron chi connectivity index (χ0n) is 14.7. The summed E-state index contributed by atoms with van der Waals surface area (Å²) in [5, 5.41) is 22.0. The van der Waals surface area contributed by atoms with E-state index in [0.717, 1.165) is 28.6 Å². The van der Waals surface area contributed by atoms with E-state index in [-0.39, 0.29) is 0 Å². The maximum absolute atomic E-state index is 11.7. The highest BCUT2D eigenvalue weighted by Gasteiger charge is 2.47. The first kappa shape index (κ1) is 18.2. The number of rotatable bonds is 5. The average Bonchev–Trinajstić information content (AvgIpc) is 2.86. The Morgan fingerprint density at radius 1 is 1.48 bits per heavy atom. The lowest BCUT2D eigenvalue weighted by atomic mass is 9.73. The summed E-state index contributed by atoms with van der Waals surface area (Å²) in [6, 6.07) is 5.78. The van der Waals surface area contributed by atoms with E-state index >= 15 is 0 Å². The molecule has 0 bridgehead atoms. The molecule has 0 aliphatic carbocycles. The van der Waals surface area contributed by atoms with Crippen LogP contribution in [0.4, 0.5) is 0 Å². The van der Waals surface area contributed by atoms with Gasteiger partial charge in [0, 0.05) is 34.7 Å². The number of carboxylic acids is 1. The van der Waals surface area contributed by atoms with Crippen molar-refractivity contribution in [1.82, 2.24) is 9.88 Å². The van der Waals surface area contributed by atoms with Crippen LogP contribution < -0.4 is 0 Å². The molecule has 0 spiro atoms. The molecule has 1 aromatic heterocycles. The van der Waals surface area contributed by atoms with Crippen LogP contribution in [0.25, 0.3) is 10.9 Å². The van der Waals surface area contributed by atoms with Crippen molar-refractivity contribution in [3.8, 4) is 0 Å². The molecular formula is C19H25ClN2O3. The van der Waals surface area contributed by atoms with Gasteiger partial charge in [-0.2, -0.15) is 0 Å². The van der Waals surface area contributed by atoms with Crippen LogP contribution in [0.2, 0.25) is 5.02 Å². The number of nitrogens with one attached hydrogen (secondary N) is 1. The fourth-order valence-electron chi connectivity index (χ4n) is 4.01. The Hall–Kier alpha value is -1.56. The number of β-amino-alcohol motifs (C(OH)–C–C–N with tert-alkyl or cyclic N) is 1. The molecule has 3 rings (SSSR count). The third-order valence-electron chi connectivity index (χ3n) is 5.57. The van der Waals surface area contributed by atoms with Crippen LogP contribution in [0, 0.1) is 12.3 Å². The Bertz CT molecular complexity index is 788. The van der Waals surface area contributed by atoms with Gasteiger partial charge in [-0.3, -0.25) is 9.69 Å². The van der Waals surface area contributed by atoms with Gasteiger partial charge in [-0.15, -0.1) is 0 Å². The molecule has 1 aliphatic heterocycles. The van der Waals surface area contributed by atoms with Gasteiger partial charge in [-0.25, -0.2) is 0 Å². The number of aliphatic carboxylic acids is 1. The molecular weight excluding hydrogens is 340 g/mol. The van der Waals surface area contributed by atoms with Crippen molar-refractivity contribution in [2.75, 3.05) is 13.1 Å². The smallest absolute Gasteiger partial charge is 0.312 e. The Kier molecular flexibility index (Phi) is 5.09. The number of H-pyrrole nitrogens is 1. The van der Waals surface area contributed by atoms with Crippen LogP contribution in [0.15, 0.2) is 18.2 Å². The van der Waals surface area contributed by atoms with Crippen LogP contribution in [0.3, 0.4) is 0 Å². The zero-order chi connectivity index (χ0) is 18.2. The molecule has 0 saturated carbocycles. The number of aromatic nitrogens is 1. The van der Waals surface area contributed by atoms with E-state index < -0.39 is 17.5 Å². The number of halogens is 1. The Balaban J connectivity index is 1.77. The van der Waals surface area contributed by atoms with Crippen molar-refractivity contribution in [2.45, 2.75) is 45.8 Å². The molecule has 1 fully saturated rings. The van der Waals surface area contributed by atoms with Gasteiger partial charge in [0.15, 0.2) is 0 Å². The molecule has 2 heterocycles. The summed E-state index contributed by atoms with van der Waals surface area (Å²) in [5.74, 6) is -0.877. The fraction of sp³-hybridized carbons (Fsp3) is 0.526. The van der Waals surface area contributed by atoms with E-state index in [4.69, 9.17) is 11.6 Å². The van der Waals surface area contributed by atoms with Gasteiger partial charge in [0.1, 0.15) is 0 Å². The number of aliphatic hydroxyl groups excluding tert-OH is 1. The number of aliphatic hydroxyl groups is 1. The highest BCUT2D eigenvalue weighted by molar-refractivity contribution is 6.31. The summed E-state index contributed by atoms with van der Waals surface area (Å²) in [5.41, 5.74) is 2.27. The first-order valence-corrected chi connectivity index (χ1v) is 9.15. The van der Waals surface area contributed by atoms with Crippen molar-refractivity contribution in [3.05, 3.63) is 34.5 Å². The molecule has 5 nitrogen and oxygen atoms in total. The molecule has 0 radical (unpaired) electrons. The van der Waals surface area contributed by atoms with Crippen LogP contribution in [0.5, 0.6) is 0 Å². The lowest BCUT2D eigenvalue weighted by molar-refractivity contribution is -0.164. The number of nitrogens with zero attached hydrogens (tertiary/aromatic N) is 1. The molecule has 6 heteroatoms. The van der Waals surface area contributed by atoms with Gasteiger partial charge >= 0.3 is 5.97 Å². The lowest BCUT2D eigenvalue weighted by Gasteiger charge is -2.42. The highest BCUT2D eigenvalue weighted by atomic mass is 35.5. The minimum atomic E-state index is -1.01. The van der Waals surface area contributed by atoms with Gasteiger partial charge < -0.3 is 15.2 Å². The number of fused-ring (bicyclic) bond motifs is 1. The number of aryl methyl sites for hydroxylation is 1. The standard InChI is InChI=1S/C19H25ClN2O3/c1-3-6-19(18(24)25)7-8-22(11-17(19)23)10-16-12(2)14-9-13(20)4-5-15(14)21-16/h4-5,9,17,21,23H,3,6-8,10-11H2,1-2H3,(H,24,25)/t17-,19-/m0/s1. The van der Waals surface area contributed by atoms with Crippen molar-refractivity contribution in [3.63, 3.8) is 0 Å². The Morgan fingerprint density at radius 2 is 2.24 bits per heavy atom. The maximum Gasteiger partial charge on any atom is 0.312 e. The van der Waals surface area contributed by atoms with Crippen molar-refractivity contribution < 1.29 is 15.0 Å². The number of hydrogen-bond donors (Lipinski definition) is 3. The highest BCUT2D eigenvalue weighted by Crippen LogP contribution is 2.37. The van der Waals surface area contributed by atoms with Crippen molar-refractivity contribution in [2.24, 2.45) is 5.41 Å². The second kappa shape index (κ2) is 6.98. The Morgan fingerprint density at radius 3 is 2.88 bits per heavy atom. The van der Waals surface area contributed by atoms with Gasteiger partial charge in [-0.1, -0.05) is 24.9 Å². The number of likely N-dealkylation sites (tertiary alicyclic amines) is 1. The van der Waals surface area contributed by atoms with Crippen LogP contribution >= 0.6 is 11.6 Å². The van der Waals surface area contributed by atoms with E-state index in [0.29, 0.717) is 37.5 Å². The molecule has 136 valence electrons. The number of benzene rings is 1. The Labute approximate surface area is 152 Å². The van der Waals surface area contributed by atoms with Crippen molar-refractivity contribution >= 4 is 28.5 Å². The SMILES string of the molecule is CCC[C@]1(C(=O)O)CCN(Cc2[nH]c3ccc(Cl)cc3c2C)C[C@@H]1O. The number of aromatic amines is 1. The largest absolute Gasteiger partial charge is 0.481 e. The normalized spacial score (nSPS) is 24.7. The quantitative estimate of drug-likeness (QED) is 0.758. The minimum absolute atomic E-state index is 0.377. The molecule has 2 aromatic rings. The first-order valence-electron chi connectivity index (χ1n) is 8.78. The molecule has 2 atom stereocenters. The second-order valence-electron chi connectivity index (χ2n) is 7.13. The summed E-state index contributed by atoms with van der Waals surface area (Å²) in [6.07, 6.45) is 0.896. The first-order chi connectivity index (χ1) is 11.9. The molecule has 3 N–H and O–H groups in total. The molecule has 1 saturated heterocycles. The summed E-state index contributed by atoms with van der Waals surface area (Å²) in [4.78, 5) is 17.3. The van der Waals surface area contributed by atoms with Crippen molar-refractivity contribution in [1.29, 1.82) is 0 Å².